The lowest BCUT2D eigenvalue weighted by Crippen LogP contribution is -1.95. The molecule has 36 heavy (non-hydrogen) atoms. The summed E-state index contributed by atoms with van der Waals surface area (Å²) in [5, 5.41) is 6.04. The number of rotatable bonds is 2. The van der Waals surface area contributed by atoms with E-state index in [0.717, 1.165) is 27.5 Å². The van der Waals surface area contributed by atoms with E-state index in [1.165, 1.54) is 42.3 Å². The van der Waals surface area contributed by atoms with Gasteiger partial charge in [-0.05, 0) is 41.3 Å². The first kappa shape index (κ1) is 19.7. The van der Waals surface area contributed by atoms with Crippen LogP contribution in [0.15, 0.2) is 116 Å². The summed E-state index contributed by atoms with van der Waals surface area (Å²) in [7, 11) is 0. The van der Waals surface area contributed by atoms with Gasteiger partial charge in [0.1, 0.15) is 0 Å². The van der Waals surface area contributed by atoms with Crippen LogP contribution in [0.2, 0.25) is 0 Å². The quantitative estimate of drug-likeness (QED) is 0.233. The fourth-order valence-corrected chi connectivity index (χ4v) is 6.64. The number of aromatic nitrogens is 3. The zero-order valence-electron chi connectivity index (χ0n) is 19.2. The van der Waals surface area contributed by atoms with E-state index in [2.05, 4.69) is 107 Å². The van der Waals surface area contributed by atoms with Crippen molar-refractivity contribution < 1.29 is 0 Å². The Bertz CT molecular complexity index is 2100. The van der Waals surface area contributed by atoms with Gasteiger partial charge in [0.2, 0.25) is 0 Å². The number of nitrogens with zero attached hydrogens (tertiary/aromatic N) is 3. The van der Waals surface area contributed by atoms with Crippen LogP contribution in [0.3, 0.4) is 0 Å². The molecule has 4 heterocycles. The Hall–Kier alpha value is -4.54. The minimum absolute atomic E-state index is 0.936. The molecule has 8 rings (SSSR count). The molecule has 0 saturated heterocycles. The Labute approximate surface area is 210 Å². The first-order valence-electron chi connectivity index (χ1n) is 12.0. The van der Waals surface area contributed by atoms with Gasteiger partial charge in [-0.2, -0.15) is 0 Å². The number of thiophene rings is 1. The van der Waals surface area contributed by atoms with E-state index < -0.39 is 0 Å². The molecule has 0 aliphatic heterocycles. The van der Waals surface area contributed by atoms with Crippen LogP contribution in [0.4, 0.5) is 0 Å². The number of para-hydroxylation sites is 1. The third-order valence-electron chi connectivity index (χ3n) is 7.04. The molecule has 168 valence electrons. The second-order valence-electron chi connectivity index (χ2n) is 9.11. The average Bonchev–Trinajstić information content (AvgIpc) is 3.52. The van der Waals surface area contributed by atoms with Crippen molar-refractivity contribution in [2.75, 3.05) is 0 Å². The number of pyridine rings is 2. The van der Waals surface area contributed by atoms with Gasteiger partial charge in [-0.3, -0.25) is 9.97 Å². The Kier molecular flexibility index (Phi) is 4.10. The van der Waals surface area contributed by atoms with Crippen molar-refractivity contribution in [2.24, 2.45) is 0 Å². The lowest BCUT2D eigenvalue weighted by Gasteiger charge is -2.09. The highest BCUT2D eigenvalue weighted by Crippen LogP contribution is 2.42. The van der Waals surface area contributed by atoms with Crippen LogP contribution in [0, 0.1) is 0 Å². The Balaban J connectivity index is 1.43. The van der Waals surface area contributed by atoms with Crippen LogP contribution in [-0.4, -0.2) is 14.5 Å². The van der Waals surface area contributed by atoms with Gasteiger partial charge >= 0.3 is 0 Å². The predicted molar refractivity (Wildman–Crippen MR) is 152 cm³/mol. The molecule has 0 spiro atoms. The van der Waals surface area contributed by atoms with Gasteiger partial charge < -0.3 is 4.57 Å². The van der Waals surface area contributed by atoms with Gasteiger partial charge in [-0.15, -0.1) is 11.3 Å². The number of hydrogen-bond donors (Lipinski definition) is 0. The molecular weight excluding hydrogens is 458 g/mol. The summed E-state index contributed by atoms with van der Waals surface area (Å²) in [5.41, 5.74) is 6.58. The smallest absolute Gasteiger partial charge is 0.0966 e. The minimum atomic E-state index is 0.936. The van der Waals surface area contributed by atoms with E-state index in [9.17, 15) is 0 Å². The van der Waals surface area contributed by atoms with Crippen LogP contribution in [0.25, 0.3) is 69.8 Å². The molecule has 0 unspecified atom stereocenters. The normalized spacial score (nSPS) is 11.9. The fraction of sp³-hybridized carbons (Fsp3) is 0. The summed E-state index contributed by atoms with van der Waals surface area (Å²) < 4.78 is 3.67. The maximum atomic E-state index is 4.90. The van der Waals surface area contributed by atoms with Crippen LogP contribution in [-0.2, 0) is 0 Å². The Morgan fingerprint density at radius 3 is 2.36 bits per heavy atom. The van der Waals surface area contributed by atoms with Crippen molar-refractivity contribution in [3.63, 3.8) is 0 Å². The summed E-state index contributed by atoms with van der Waals surface area (Å²) >= 11 is 1.87. The molecule has 0 saturated carbocycles. The number of hydrogen-bond acceptors (Lipinski definition) is 3. The molecule has 8 aromatic rings. The largest absolute Gasteiger partial charge is 0.308 e. The third-order valence-corrected chi connectivity index (χ3v) is 8.26. The summed E-state index contributed by atoms with van der Waals surface area (Å²) in [4.78, 5) is 10.8. The molecule has 4 aromatic heterocycles. The Morgan fingerprint density at radius 2 is 1.42 bits per heavy atom. The van der Waals surface area contributed by atoms with Crippen molar-refractivity contribution >= 4 is 65.0 Å². The van der Waals surface area contributed by atoms with E-state index in [4.69, 9.17) is 4.98 Å². The van der Waals surface area contributed by atoms with E-state index in [0.29, 0.717) is 0 Å². The topological polar surface area (TPSA) is 30.7 Å². The maximum absolute atomic E-state index is 4.90. The molecule has 0 bridgehead atoms. The van der Waals surface area contributed by atoms with E-state index in [-0.39, 0.29) is 0 Å². The summed E-state index contributed by atoms with van der Waals surface area (Å²) in [6.07, 6.45) is 3.82. The molecule has 0 atom stereocenters. The zero-order chi connectivity index (χ0) is 23.6. The van der Waals surface area contributed by atoms with Gasteiger partial charge in [-0.25, -0.2) is 0 Å². The van der Waals surface area contributed by atoms with Crippen molar-refractivity contribution in [1.29, 1.82) is 0 Å². The lowest BCUT2D eigenvalue weighted by molar-refractivity contribution is 1.16. The molecule has 0 fully saturated rings. The average molecular weight is 478 g/mol. The van der Waals surface area contributed by atoms with Crippen LogP contribution >= 0.6 is 11.3 Å². The SMILES string of the molecule is c1ccc(-c2cc3ccc4c(c5ccccc5n4-c4cnc5c(ccc6cccnc65)c4)c3s2)cc1. The molecule has 4 aromatic carbocycles. The van der Waals surface area contributed by atoms with Crippen molar-refractivity contribution in [2.45, 2.75) is 0 Å². The van der Waals surface area contributed by atoms with Gasteiger partial charge in [0.25, 0.3) is 0 Å². The Morgan fingerprint density at radius 1 is 0.611 bits per heavy atom. The second-order valence-corrected chi connectivity index (χ2v) is 10.2. The first-order valence-corrected chi connectivity index (χ1v) is 12.8. The lowest BCUT2D eigenvalue weighted by atomic mass is 10.1. The highest BCUT2D eigenvalue weighted by atomic mass is 32.1. The summed E-state index contributed by atoms with van der Waals surface area (Å²) in [5.74, 6) is 0. The van der Waals surface area contributed by atoms with Gasteiger partial charge in [0, 0.05) is 37.3 Å². The molecule has 0 radical (unpaired) electrons. The monoisotopic (exact) mass is 477 g/mol. The van der Waals surface area contributed by atoms with Gasteiger partial charge in [0.15, 0.2) is 0 Å². The minimum Gasteiger partial charge on any atom is -0.308 e. The standard InChI is InChI=1S/C32H19N3S/c1-2-7-20(8-3-1)28-18-23-14-15-27-29(32(23)36-28)25-10-4-5-11-26(25)35(27)24-17-22-13-12-21-9-6-16-33-30(21)31(22)34-19-24/h1-19H. The van der Waals surface area contributed by atoms with Gasteiger partial charge in [-0.1, -0.05) is 72.8 Å². The first-order chi connectivity index (χ1) is 17.8. The molecule has 0 amide bonds. The van der Waals surface area contributed by atoms with Crippen molar-refractivity contribution in [3.8, 4) is 16.1 Å². The molecule has 0 aliphatic carbocycles. The molecule has 0 aliphatic rings. The predicted octanol–water partition coefficient (Wildman–Crippen LogP) is 8.76. The summed E-state index contributed by atoms with van der Waals surface area (Å²) in [6, 6.07) is 36.7. The maximum Gasteiger partial charge on any atom is 0.0966 e. The van der Waals surface area contributed by atoms with E-state index in [1.807, 2.05) is 29.8 Å². The molecule has 4 heteroatoms. The van der Waals surface area contributed by atoms with Crippen molar-refractivity contribution in [3.05, 3.63) is 116 Å². The molecule has 0 N–H and O–H groups in total. The summed E-state index contributed by atoms with van der Waals surface area (Å²) in [6.45, 7) is 0. The highest BCUT2D eigenvalue weighted by Gasteiger charge is 2.17. The zero-order valence-corrected chi connectivity index (χ0v) is 20.0. The molecular formula is C32H19N3S. The number of benzene rings is 4. The van der Waals surface area contributed by atoms with Crippen molar-refractivity contribution in [1.82, 2.24) is 14.5 Å². The van der Waals surface area contributed by atoms with E-state index >= 15 is 0 Å². The van der Waals surface area contributed by atoms with Gasteiger partial charge in [0.05, 0.1) is 34.0 Å². The third kappa shape index (κ3) is 2.79. The fourth-order valence-electron chi connectivity index (χ4n) is 5.42. The highest BCUT2D eigenvalue weighted by molar-refractivity contribution is 7.23. The van der Waals surface area contributed by atoms with Crippen LogP contribution < -0.4 is 0 Å². The second kappa shape index (κ2) is 7.48. The number of fused-ring (bicyclic) bond motifs is 8. The van der Waals surface area contributed by atoms with Crippen LogP contribution in [0.1, 0.15) is 0 Å². The van der Waals surface area contributed by atoms with E-state index in [1.54, 1.807) is 0 Å². The van der Waals surface area contributed by atoms with Crippen LogP contribution in [0.5, 0.6) is 0 Å². The molecule has 3 nitrogen and oxygen atoms in total.